The van der Waals surface area contributed by atoms with E-state index in [0.717, 1.165) is 52.2 Å². The molecular weight excluding hydrogens is 230 g/mol. The zero-order valence-corrected chi connectivity index (χ0v) is 11.6. The van der Waals surface area contributed by atoms with Gasteiger partial charge in [0, 0.05) is 39.3 Å². The Morgan fingerprint density at radius 3 is 2.78 bits per heavy atom. The maximum atomic E-state index is 12.0. The molecule has 0 radical (unpaired) electrons. The van der Waals surface area contributed by atoms with E-state index in [0.29, 0.717) is 19.6 Å². The van der Waals surface area contributed by atoms with E-state index in [-0.39, 0.29) is 5.91 Å². The molecule has 5 heteroatoms. The van der Waals surface area contributed by atoms with Crippen molar-refractivity contribution in [1.29, 1.82) is 0 Å². The van der Waals surface area contributed by atoms with Crippen molar-refractivity contribution in [2.45, 2.75) is 26.2 Å². The van der Waals surface area contributed by atoms with Crippen LogP contribution in [0.5, 0.6) is 0 Å². The Bertz CT molecular complexity index is 236. The third-order valence-corrected chi connectivity index (χ3v) is 3.20. The fraction of sp³-hybridized carbons (Fsp3) is 0.923. The van der Waals surface area contributed by atoms with Crippen LogP contribution in [0.25, 0.3) is 0 Å². The van der Waals surface area contributed by atoms with Gasteiger partial charge in [0.1, 0.15) is 0 Å². The molecule has 5 nitrogen and oxygen atoms in total. The minimum Gasteiger partial charge on any atom is -0.381 e. The van der Waals surface area contributed by atoms with E-state index in [9.17, 15) is 4.79 Å². The summed E-state index contributed by atoms with van der Waals surface area (Å²) in [5.74, 6) is 0.223. The first-order chi connectivity index (χ1) is 8.77. The van der Waals surface area contributed by atoms with Gasteiger partial charge in [0.15, 0.2) is 0 Å². The molecule has 1 aliphatic heterocycles. The largest absolute Gasteiger partial charge is 0.381 e. The highest BCUT2D eigenvalue weighted by atomic mass is 16.5. The van der Waals surface area contributed by atoms with E-state index in [1.807, 2.05) is 4.90 Å². The number of amides is 1. The summed E-state index contributed by atoms with van der Waals surface area (Å²) < 4.78 is 5.36. The van der Waals surface area contributed by atoms with Gasteiger partial charge in [0.05, 0.1) is 13.0 Å². The zero-order chi connectivity index (χ0) is 13.2. The van der Waals surface area contributed by atoms with Gasteiger partial charge in [-0.1, -0.05) is 6.92 Å². The van der Waals surface area contributed by atoms with E-state index < -0.39 is 0 Å². The Morgan fingerprint density at radius 2 is 2.06 bits per heavy atom. The Balaban J connectivity index is 2.22. The topological polar surface area (TPSA) is 58.8 Å². The summed E-state index contributed by atoms with van der Waals surface area (Å²) >= 11 is 0. The van der Waals surface area contributed by atoms with Crippen molar-refractivity contribution in [1.82, 2.24) is 9.80 Å². The third kappa shape index (κ3) is 5.80. The second-order valence-electron chi connectivity index (χ2n) is 4.73. The van der Waals surface area contributed by atoms with E-state index >= 15 is 0 Å². The highest BCUT2D eigenvalue weighted by molar-refractivity contribution is 5.76. The standard InChI is InChI=1S/C13H27N3O2/c1-2-11-18-12-4-13(17)16-7-3-6-15(8-5-14)9-10-16/h2-12,14H2,1H3. The average molecular weight is 257 g/mol. The van der Waals surface area contributed by atoms with Crippen molar-refractivity contribution in [3.05, 3.63) is 0 Å². The van der Waals surface area contributed by atoms with Gasteiger partial charge in [-0.3, -0.25) is 4.79 Å². The van der Waals surface area contributed by atoms with E-state index in [1.165, 1.54) is 0 Å². The van der Waals surface area contributed by atoms with Gasteiger partial charge in [-0.2, -0.15) is 0 Å². The summed E-state index contributed by atoms with van der Waals surface area (Å²) in [5.41, 5.74) is 5.56. The molecule has 2 N–H and O–H groups in total. The van der Waals surface area contributed by atoms with Crippen molar-refractivity contribution in [3.8, 4) is 0 Å². The Morgan fingerprint density at radius 1 is 1.22 bits per heavy atom. The zero-order valence-electron chi connectivity index (χ0n) is 11.6. The maximum absolute atomic E-state index is 12.0. The molecule has 1 fully saturated rings. The van der Waals surface area contributed by atoms with Crippen LogP contribution < -0.4 is 5.73 Å². The number of carbonyl (C=O) groups excluding carboxylic acids is 1. The van der Waals surface area contributed by atoms with Crippen LogP contribution in [0.15, 0.2) is 0 Å². The van der Waals surface area contributed by atoms with Crippen LogP contribution in [0.3, 0.4) is 0 Å². The molecule has 0 saturated carbocycles. The van der Waals surface area contributed by atoms with Crippen LogP contribution in [-0.4, -0.2) is 68.2 Å². The molecule has 0 aromatic carbocycles. The summed E-state index contributed by atoms with van der Waals surface area (Å²) in [6.45, 7) is 8.68. The number of nitrogens with zero attached hydrogens (tertiary/aromatic N) is 2. The number of hydrogen-bond donors (Lipinski definition) is 1. The lowest BCUT2D eigenvalue weighted by molar-refractivity contribution is -0.132. The molecule has 1 rings (SSSR count). The number of carbonyl (C=O) groups is 1. The molecule has 0 spiro atoms. The first-order valence-corrected chi connectivity index (χ1v) is 7.06. The Labute approximate surface area is 110 Å². The minimum absolute atomic E-state index is 0.223. The smallest absolute Gasteiger partial charge is 0.224 e. The highest BCUT2D eigenvalue weighted by Gasteiger charge is 2.18. The number of hydrogen-bond acceptors (Lipinski definition) is 4. The molecule has 0 aromatic rings. The molecule has 1 heterocycles. The lowest BCUT2D eigenvalue weighted by Gasteiger charge is -2.21. The molecule has 0 unspecified atom stereocenters. The highest BCUT2D eigenvalue weighted by Crippen LogP contribution is 2.04. The summed E-state index contributed by atoms with van der Waals surface area (Å²) in [7, 11) is 0. The molecule has 0 atom stereocenters. The fourth-order valence-electron chi connectivity index (χ4n) is 2.19. The van der Waals surface area contributed by atoms with Crippen LogP contribution in [0, 0.1) is 0 Å². The summed E-state index contributed by atoms with van der Waals surface area (Å²) in [6.07, 6.45) is 2.56. The summed E-state index contributed by atoms with van der Waals surface area (Å²) in [5, 5.41) is 0. The SMILES string of the molecule is CCCOCCC(=O)N1CCCN(CCN)CC1. The molecular formula is C13H27N3O2. The van der Waals surface area contributed by atoms with Crippen molar-refractivity contribution < 1.29 is 9.53 Å². The van der Waals surface area contributed by atoms with E-state index in [1.54, 1.807) is 0 Å². The Kier molecular flexibility index (Phi) is 7.96. The van der Waals surface area contributed by atoms with Crippen molar-refractivity contribution in [2.75, 3.05) is 52.5 Å². The van der Waals surface area contributed by atoms with Gasteiger partial charge in [-0.25, -0.2) is 0 Å². The molecule has 0 aromatic heterocycles. The molecule has 1 amide bonds. The average Bonchev–Trinajstić information content (AvgIpc) is 2.61. The first-order valence-electron chi connectivity index (χ1n) is 7.06. The number of ether oxygens (including phenoxy) is 1. The minimum atomic E-state index is 0.223. The summed E-state index contributed by atoms with van der Waals surface area (Å²) in [4.78, 5) is 16.3. The monoisotopic (exact) mass is 257 g/mol. The van der Waals surface area contributed by atoms with E-state index in [4.69, 9.17) is 10.5 Å². The maximum Gasteiger partial charge on any atom is 0.224 e. The number of rotatable bonds is 7. The second-order valence-corrected chi connectivity index (χ2v) is 4.73. The normalized spacial score (nSPS) is 17.8. The van der Waals surface area contributed by atoms with Crippen molar-refractivity contribution >= 4 is 5.91 Å². The predicted molar refractivity (Wildman–Crippen MR) is 72.4 cm³/mol. The Hall–Kier alpha value is -0.650. The van der Waals surface area contributed by atoms with Crippen LogP contribution in [0.2, 0.25) is 0 Å². The lowest BCUT2D eigenvalue weighted by atomic mass is 10.3. The quantitative estimate of drug-likeness (QED) is 0.666. The van der Waals surface area contributed by atoms with Crippen LogP contribution >= 0.6 is 0 Å². The summed E-state index contributed by atoms with van der Waals surface area (Å²) in [6, 6.07) is 0. The fourth-order valence-corrected chi connectivity index (χ4v) is 2.19. The van der Waals surface area contributed by atoms with E-state index in [2.05, 4.69) is 11.8 Å². The van der Waals surface area contributed by atoms with Crippen LogP contribution in [-0.2, 0) is 9.53 Å². The first kappa shape index (κ1) is 15.4. The second kappa shape index (κ2) is 9.30. The molecule has 1 saturated heterocycles. The molecule has 18 heavy (non-hydrogen) atoms. The van der Waals surface area contributed by atoms with Gasteiger partial charge in [0.2, 0.25) is 5.91 Å². The van der Waals surface area contributed by atoms with Crippen molar-refractivity contribution in [2.24, 2.45) is 5.73 Å². The third-order valence-electron chi connectivity index (χ3n) is 3.20. The number of nitrogens with two attached hydrogens (primary N) is 1. The van der Waals surface area contributed by atoms with Crippen LogP contribution in [0.1, 0.15) is 26.2 Å². The van der Waals surface area contributed by atoms with Crippen LogP contribution in [0.4, 0.5) is 0 Å². The predicted octanol–water partition coefficient (Wildman–Crippen LogP) is 0.296. The molecule has 106 valence electrons. The van der Waals surface area contributed by atoms with Gasteiger partial charge in [0.25, 0.3) is 0 Å². The van der Waals surface area contributed by atoms with Gasteiger partial charge < -0.3 is 20.3 Å². The molecule has 1 aliphatic rings. The van der Waals surface area contributed by atoms with Crippen molar-refractivity contribution in [3.63, 3.8) is 0 Å². The molecule has 0 bridgehead atoms. The van der Waals surface area contributed by atoms with Gasteiger partial charge >= 0.3 is 0 Å². The van der Waals surface area contributed by atoms with Gasteiger partial charge in [-0.15, -0.1) is 0 Å². The molecule has 0 aliphatic carbocycles. The van der Waals surface area contributed by atoms with Gasteiger partial charge in [-0.05, 0) is 19.4 Å². The lowest BCUT2D eigenvalue weighted by Crippen LogP contribution is -2.36.